The molecule has 0 aromatic rings. The van der Waals surface area contributed by atoms with Crippen LogP contribution in [0.2, 0.25) is 0 Å². The Bertz CT molecular complexity index is 1860. The highest BCUT2D eigenvalue weighted by Gasteiger charge is 2.53. The quantitative estimate of drug-likeness (QED) is 0.0143. The minimum atomic E-state index is -5.25. The summed E-state index contributed by atoms with van der Waals surface area (Å²) in [4.78, 5) is 72.4. The van der Waals surface area contributed by atoms with Crippen molar-refractivity contribution in [3.05, 3.63) is 12.2 Å². The van der Waals surface area contributed by atoms with Gasteiger partial charge in [0.2, 0.25) is 11.8 Å². The van der Waals surface area contributed by atoms with Crippen molar-refractivity contribution >= 4 is 33.0 Å². The summed E-state index contributed by atoms with van der Waals surface area (Å²) in [6.07, 6.45) is 28.3. The maximum absolute atomic E-state index is 14.1. The number of ether oxygens (including phenoxy) is 7. The fourth-order valence-corrected chi connectivity index (χ4v) is 12.5. The smallest absolute Gasteiger partial charge is 0.388 e. The van der Waals surface area contributed by atoms with Crippen molar-refractivity contribution in [1.29, 1.82) is 0 Å². The summed E-state index contributed by atoms with van der Waals surface area (Å²) in [7, 11) is -6.63. The molecule has 0 saturated carbocycles. The molecule has 3 unspecified atom stereocenters. The molecule has 0 aromatic carbocycles. The van der Waals surface area contributed by atoms with Crippen molar-refractivity contribution in [2.24, 2.45) is 0 Å². The fraction of sp³-hybridized carbons (Fsp3) is 0.923. The van der Waals surface area contributed by atoms with Crippen molar-refractivity contribution in [1.82, 2.24) is 10.6 Å². The van der Waals surface area contributed by atoms with Crippen LogP contribution in [0, 0.1) is 0 Å². The molecule has 87 heavy (non-hydrogen) atoms. The molecule has 2 saturated heterocycles. The number of methoxy groups -OCH3 is 2. The van der Waals surface area contributed by atoms with E-state index >= 15 is 0 Å². The normalized spacial score (nSPS) is 23.7. The van der Waals surface area contributed by atoms with Crippen molar-refractivity contribution in [2.75, 3.05) is 47.3 Å². The number of ketones is 1. The van der Waals surface area contributed by atoms with Gasteiger partial charge in [-0.3, -0.25) is 28.0 Å². The monoisotopic (exact) mass is 1280 g/mol. The molecule has 0 spiro atoms. The molecule has 6 N–H and O–H groups in total. The highest BCUT2D eigenvalue weighted by Crippen LogP contribution is 2.44. The van der Waals surface area contributed by atoms with Crippen molar-refractivity contribution in [2.45, 2.75) is 339 Å². The zero-order chi connectivity index (χ0) is 64.0. The Balaban J connectivity index is 2.48. The lowest BCUT2D eigenvalue weighted by atomic mass is 9.95. The van der Waals surface area contributed by atoms with Crippen molar-refractivity contribution in [3.8, 4) is 0 Å². The Labute approximate surface area is 525 Å². The van der Waals surface area contributed by atoms with Gasteiger partial charge in [0.15, 0.2) is 12.6 Å². The topological polar surface area (TPSA) is 273 Å². The van der Waals surface area contributed by atoms with Gasteiger partial charge in [0.25, 0.3) is 0 Å². The average molecular weight is 1280 g/mol. The highest BCUT2D eigenvalue weighted by molar-refractivity contribution is 7.51. The number of aliphatic hydroxyl groups is 1. The number of unbranched alkanes of at least 4 members (excludes halogenated alkanes) is 28. The summed E-state index contributed by atoms with van der Waals surface area (Å²) in [5.41, 5.74) is 0. The SMILES string of the molecule is CCCCCC/C=C\CCCCCCCC(=O)N[C@H]1C(OCC2O[C@H](OP(C)(=O)O)[C@H](NC(=O)CC(=O)CCCCCCCCCCC)[C@@H](OCCCCCCCCCC)[C@@H]2O)O[C@H](COC)[C@@H](OP(=O)(O)O)[C@@H]1OCC[C@@H](CCCCCCC)OC. The highest BCUT2D eigenvalue weighted by atomic mass is 31.2. The number of hydrogen-bond acceptors (Lipinski definition) is 15. The second-order valence-electron chi connectivity index (χ2n) is 24.4. The third kappa shape index (κ3) is 39.4. The number of rotatable bonds is 57. The van der Waals surface area contributed by atoms with Gasteiger partial charge in [0.1, 0.15) is 54.5 Å². The molecule has 0 aromatic heterocycles. The van der Waals surface area contributed by atoms with E-state index in [-0.39, 0.29) is 44.5 Å². The Morgan fingerprint density at radius 3 is 1.52 bits per heavy atom. The molecule has 2 rings (SSSR count). The molecule has 2 amide bonds. The summed E-state index contributed by atoms with van der Waals surface area (Å²) in [5, 5.41) is 18.1. The molecule has 22 heteroatoms. The second kappa shape index (κ2) is 50.8. The summed E-state index contributed by atoms with van der Waals surface area (Å²) in [6, 6.07) is -2.64. The predicted molar refractivity (Wildman–Crippen MR) is 341 cm³/mol. The zero-order valence-electron chi connectivity index (χ0n) is 55.1. The summed E-state index contributed by atoms with van der Waals surface area (Å²) in [6.45, 7) is 9.08. The first-order valence-corrected chi connectivity index (χ1v) is 37.8. The molecule has 2 aliphatic rings. The third-order valence-electron chi connectivity index (χ3n) is 16.4. The van der Waals surface area contributed by atoms with Gasteiger partial charge < -0.3 is 63.6 Å². The van der Waals surface area contributed by atoms with E-state index in [2.05, 4.69) is 50.5 Å². The van der Waals surface area contributed by atoms with Crippen LogP contribution in [-0.2, 0) is 65.7 Å². The Morgan fingerprint density at radius 2 is 0.977 bits per heavy atom. The van der Waals surface area contributed by atoms with Crippen LogP contribution < -0.4 is 10.6 Å². The van der Waals surface area contributed by atoms with Crippen LogP contribution >= 0.6 is 15.4 Å². The zero-order valence-corrected chi connectivity index (χ0v) is 56.9. The van der Waals surface area contributed by atoms with Crippen LogP contribution in [0.15, 0.2) is 12.2 Å². The number of phosphoric acid groups is 1. The summed E-state index contributed by atoms with van der Waals surface area (Å²) >= 11 is 0. The molecule has 12 atom stereocenters. The molecule has 0 aliphatic carbocycles. The Hall–Kier alpha value is -1.71. The van der Waals surface area contributed by atoms with Crippen LogP contribution in [-0.4, -0.2) is 152 Å². The van der Waals surface area contributed by atoms with E-state index in [4.69, 9.17) is 42.2 Å². The van der Waals surface area contributed by atoms with E-state index in [0.717, 1.165) is 148 Å². The predicted octanol–water partition coefficient (Wildman–Crippen LogP) is 13.6. The minimum absolute atomic E-state index is 0.0313. The van der Waals surface area contributed by atoms with Crippen molar-refractivity contribution in [3.63, 3.8) is 0 Å². The molecule has 512 valence electrons. The number of nitrogens with one attached hydrogen (secondary N) is 2. The lowest BCUT2D eigenvalue weighted by Crippen LogP contribution is -2.67. The van der Waals surface area contributed by atoms with E-state index in [1.807, 2.05) is 0 Å². The van der Waals surface area contributed by atoms with Crippen LogP contribution in [0.3, 0.4) is 0 Å². The maximum Gasteiger partial charge on any atom is 0.470 e. The number of hydrogen-bond donors (Lipinski definition) is 6. The molecule has 2 aliphatic heterocycles. The van der Waals surface area contributed by atoms with Crippen LogP contribution in [0.4, 0.5) is 0 Å². The first-order chi connectivity index (χ1) is 41.9. The van der Waals surface area contributed by atoms with E-state index in [0.29, 0.717) is 25.7 Å². The van der Waals surface area contributed by atoms with E-state index in [1.54, 1.807) is 7.11 Å². The third-order valence-corrected chi connectivity index (χ3v) is 17.5. The summed E-state index contributed by atoms with van der Waals surface area (Å²) < 4.78 is 80.5. The lowest BCUT2D eigenvalue weighted by Gasteiger charge is -2.47. The fourth-order valence-electron chi connectivity index (χ4n) is 11.4. The van der Waals surface area contributed by atoms with E-state index in [1.165, 1.54) is 64.9 Å². The first kappa shape index (κ1) is 81.4. The van der Waals surface area contributed by atoms with Gasteiger partial charge in [-0.15, -0.1) is 0 Å². The van der Waals surface area contributed by atoms with Gasteiger partial charge in [-0.05, 0) is 57.8 Å². The van der Waals surface area contributed by atoms with Gasteiger partial charge in [0.05, 0.1) is 25.7 Å². The molecular weight excluding hydrogens is 1160 g/mol. The number of amides is 2. The van der Waals surface area contributed by atoms with Gasteiger partial charge >= 0.3 is 15.4 Å². The number of Topliss-reactive ketones (excluding diaryl/α,β-unsaturated/α-hetero) is 1. The number of aliphatic hydroxyl groups excluding tert-OH is 1. The Morgan fingerprint density at radius 1 is 0.506 bits per heavy atom. The average Bonchev–Trinajstić information content (AvgIpc) is 1.10. The standard InChI is InChI=1S/C65H124N2O18P2/c1-8-12-16-20-23-26-27-28-29-31-33-37-41-45-56(69)66-59-63(80-48-46-53(78-6)44-40-35-19-15-11-4)61(84-87(74,75)76)55(50-77-5)83-64(59)81-51-54-60(71)62(79-47-42-38-34-25-22-18-14-10-3)58(65(82-54)85-86(7,72)73)67-57(70)49-52(68)43-39-36-32-30-24-21-17-13-9-2/h26-27,53-55,58-65,71H,8-25,28-51H2,1-7H3,(H,66,69)(H,67,70)(H,72,73)(H2,74,75,76)/b27-26-/t53-,54?,55-,58-,59-,60-,61-,62-,63-,64?,65-/m1/s1. The van der Waals surface area contributed by atoms with Crippen LogP contribution in [0.1, 0.15) is 272 Å². The van der Waals surface area contributed by atoms with Crippen molar-refractivity contribution < 1.29 is 85.5 Å². The number of phosphoric ester groups is 1. The Kier molecular flexibility index (Phi) is 47.5. The molecule has 2 fully saturated rings. The number of allylic oxidation sites excluding steroid dienone is 2. The number of carbonyl (C=O) groups is 3. The molecule has 0 bridgehead atoms. The van der Waals surface area contributed by atoms with E-state index < -0.39 is 102 Å². The van der Waals surface area contributed by atoms with Crippen LogP contribution in [0.5, 0.6) is 0 Å². The van der Waals surface area contributed by atoms with E-state index in [9.17, 15) is 43.3 Å². The van der Waals surface area contributed by atoms with Crippen LogP contribution in [0.25, 0.3) is 0 Å². The minimum Gasteiger partial charge on any atom is -0.388 e. The molecule has 2 heterocycles. The first-order valence-electron chi connectivity index (χ1n) is 34.2. The van der Waals surface area contributed by atoms with Gasteiger partial charge in [0, 0.05) is 46.9 Å². The summed E-state index contributed by atoms with van der Waals surface area (Å²) in [5.74, 6) is -1.37. The van der Waals surface area contributed by atoms with Gasteiger partial charge in [-0.2, -0.15) is 0 Å². The second-order valence-corrected chi connectivity index (χ2v) is 27.4. The molecule has 20 nitrogen and oxygen atoms in total. The maximum atomic E-state index is 14.1. The molecular formula is C65H124N2O18P2. The van der Waals surface area contributed by atoms with Gasteiger partial charge in [-0.1, -0.05) is 207 Å². The largest absolute Gasteiger partial charge is 0.470 e. The number of carbonyl (C=O) groups excluding carboxylic acids is 3. The molecule has 0 radical (unpaired) electrons. The lowest BCUT2D eigenvalue weighted by molar-refractivity contribution is -0.300. The van der Waals surface area contributed by atoms with Gasteiger partial charge in [-0.25, -0.2) is 4.57 Å².